The lowest BCUT2D eigenvalue weighted by molar-refractivity contribution is 0.315. The summed E-state index contributed by atoms with van der Waals surface area (Å²) in [6.07, 6.45) is 1.12. The van der Waals surface area contributed by atoms with Gasteiger partial charge in [0.25, 0.3) is 0 Å². The highest BCUT2D eigenvalue weighted by molar-refractivity contribution is 5.24. The molecule has 2 aromatic rings. The Balaban J connectivity index is 1.29. The Morgan fingerprint density at radius 3 is 2.78 bits per heavy atom. The number of hydrazine groups is 1. The van der Waals surface area contributed by atoms with Crippen molar-refractivity contribution in [2.45, 2.75) is 25.0 Å². The first-order valence-electron chi connectivity index (χ1n) is 9.62. The molecule has 4 nitrogen and oxygen atoms in total. The zero-order valence-electron chi connectivity index (χ0n) is 15.3. The van der Waals surface area contributed by atoms with Crippen LogP contribution < -0.4 is 16.2 Å². The number of nitrogens with zero attached hydrogens (tertiary/aromatic N) is 1. The van der Waals surface area contributed by atoms with Crippen molar-refractivity contribution in [2.75, 3.05) is 26.2 Å². The zero-order chi connectivity index (χ0) is 18.6. The molecule has 2 aliphatic heterocycles. The van der Waals surface area contributed by atoms with Gasteiger partial charge >= 0.3 is 0 Å². The zero-order valence-corrected chi connectivity index (χ0v) is 15.3. The molecule has 0 radical (unpaired) electrons. The topological polar surface area (TPSA) is 39.3 Å². The van der Waals surface area contributed by atoms with Gasteiger partial charge in [-0.25, -0.2) is 14.2 Å². The molecular weight excluding hydrogens is 346 g/mol. The van der Waals surface area contributed by atoms with Crippen molar-refractivity contribution < 1.29 is 8.78 Å². The summed E-state index contributed by atoms with van der Waals surface area (Å²) < 4.78 is 27.3. The first-order valence-corrected chi connectivity index (χ1v) is 9.62. The molecule has 0 bridgehead atoms. The minimum atomic E-state index is -0.540. The summed E-state index contributed by atoms with van der Waals surface area (Å²) >= 11 is 0. The van der Waals surface area contributed by atoms with Crippen molar-refractivity contribution in [3.8, 4) is 0 Å². The van der Waals surface area contributed by atoms with Crippen LogP contribution in [0.1, 0.15) is 23.6 Å². The third-order valence-electron chi connectivity index (χ3n) is 5.58. The number of halogens is 2. The normalized spacial score (nSPS) is 25.9. The lowest BCUT2D eigenvalue weighted by Crippen LogP contribution is -2.37. The van der Waals surface area contributed by atoms with Crippen LogP contribution in [0.3, 0.4) is 0 Å². The molecular formula is C21H26F2N4. The van der Waals surface area contributed by atoms with Crippen LogP contribution in [0.4, 0.5) is 8.78 Å². The van der Waals surface area contributed by atoms with Crippen LogP contribution in [0, 0.1) is 17.6 Å². The quantitative estimate of drug-likeness (QED) is 0.729. The fourth-order valence-corrected chi connectivity index (χ4v) is 4.11. The summed E-state index contributed by atoms with van der Waals surface area (Å²) in [6, 6.07) is 14.7. The molecule has 2 aliphatic rings. The SMILES string of the molecule is Fc1ccc(C2NNCC2CNC2CCN(Cc3ccccc3)C2)c(F)c1. The molecule has 3 unspecified atom stereocenters. The first kappa shape index (κ1) is 18.5. The van der Waals surface area contributed by atoms with E-state index >= 15 is 0 Å². The summed E-state index contributed by atoms with van der Waals surface area (Å²) in [6.45, 7) is 4.65. The van der Waals surface area contributed by atoms with Crippen LogP contribution in [0.5, 0.6) is 0 Å². The lowest BCUT2D eigenvalue weighted by Gasteiger charge is -2.22. The second kappa shape index (κ2) is 8.44. The number of benzene rings is 2. The molecule has 27 heavy (non-hydrogen) atoms. The average molecular weight is 372 g/mol. The van der Waals surface area contributed by atoms with E-state index in [0.29, 0.717) is 11.6 Å². The van der Waals surface area contributed by atoms with Crippen LogP contribution in [-0.2, 0) is 6.54 Å². The molecule has 0 spiro atoms. The van der Waals surface area contributed by atoms with Gasteiger partial charge in [0, 0.05) is 56.3 Å². The standard InChI is InChI=1S/C21H26F2N4/c22-17-6-7-19(20(23)10-17)21-16(12-25-26-21)11-24-18-8-9-27(14-18)13-15-4-2-1-3-5-15/h1-7,10,16,18,21,24-26H,8-9,11-14H2. The predicted molar refractivity (Wildman–Crippen MR) is 102 cm³/mol. The van der Waals surface area contributed by atoms with Crippen molar-refractivity contribution in [3.63, 3.8) is 0 Å². The Labute approximate surface area is 158 Å². The Morgan fingerprint density at radius 1 is 1.11 bits per heavy atom. The molecule has 2 heterocycles. The summed E-state index contributed by atoms with van der Waals surface area (Å²) in [7, 11) is 0. The van der Waals surface area contributed by atoms with Crippen molar-refractivity contribution in [2.24, 2.45) is 5.92 Å². The van der Waals surface area contributed by atoms with E-state index in [4.69, 9.17) is 0 Å². The molecule has 3 atom stereocenters. The fraction of sp³-hybridized carbons (Fsp3) is 0.429. The molecule has 2 saturated heterocycles. The van der Waals surface area contributed by atoms with Crippen molar-refractivity contribution in [3.05, 3.63) is 71.3 Å². The fourth-order valence-electron chi connectivity index (χ4n) is 4.11. The van der Waals surface area contributed by atoms with Crippen LogP contribution in [-0.4, -0.2) is 37.1 Å². The van der Waals surface area contributed by atoms with E-state index in [1.807, 2.05) is 6.07 Å². The van der Waals surface area contributed by atoms with Gasteiger partial charge < -0.3 is 5.32 Å². The van der Waals surface area contributed by atoms with E-state index < -0.39 is 11.6 Å². The Kier molecular flexibility index (Phi) is 5.78. The second-order valence-corrected chi connectivity index (χ2v) is 7.54. The van der Waals surface area contributed by atoms with Gasteiger partial charge in [0.15, 0.2) is 0 Å². The van der Waals surface area contributed by atoms with Crippen LogP contribution >= 0.6 is 0 Å². The Morgan fingerprint density at radius 2 is 1.96 bits per heavy atom. The number of rotatable bonds is 6. The van der Waals surface area contributed by atoms with Gasteiger partial charge in [-0.2, -0.15) is 0 Å². The van der Waals surface area contributed by atoms with Crippen molar-refractivity contribution >= 4 is 0 Å². The number of hydrogen-bond donors (Lipinski definition) is 3. The Hall–Kier alpha value is -1.86. The molecule has 0 amide bonds. The van der Waals surface area contributed by atoms with E-state index in [1.165, 1.54) is 11.6 Å². The smallest absolute Gasteiger partial charge is 0.130 e. The van der Waals surface area contributed by atoms with Gasteiger partial charge in [0.1, 0.15) is 11.6 Å². The second-order valence-electron chi connectivity index (χ2n) is 7.54. The number of hydrogen-bond acceptors (Lipinski definition) is 4. The van der Waals surface area contributed by atoms with Crippen LogP contribution in [0.2, 0.25) is 0 Å². The molecule has 0 saturated carbocycles. The van der Waals surface area contributed by atoms with Gasteiger partial charge in [0.2, 0.25) is 0 Å². The monoisotopic (exact) mass is 372 g/mol. The largest absolute Gasteiger partial charge is 0.312 e. The summed E-state index contributed by atoms with van der Waals surface area (Å²) in [4.78, 5) is 2.47. The highest BCUT2D eigenvalue weighted by atomic mass is 19.1. The molecule has 0 aliphatic carbocycles. The molecule has 2 aromatic carbocycles. The minimum absolute atomic E-state index is 0.153. The maximum atomic E-state index is 14.1. The van der Waals surface area contributed by atoms with Gasteiger partial charge in [0.05, 0.1) is 6.04 Å². The first-order chi connectivity index (χ1) is 13.2. The van der Waals surface area contributed by atoms with Crippen LogP contribution in [0.25, 0.3) is 0 Å². The van der Waals surface area contributed by atoms with Crippen LogP contribution in [0.15, 0.2) is 48.5 Å². The third kappa shape index (κ3) is 4.52. The number of nitrogens with one attached hydrogen (secondary N) is 3. The van der Waals surface area contributed by atoms with E-state index in [-0.39, 0.29) is 12.0 Å². The van der Waals surface area contributed by atoms with Gasteiger partial charge in [-0.3, -0.25) is 10.3 Å². The maximum absolute atomic E-state index is 14.1. The highest BCUT2D eigenvalue weighted by Crippen LogP contribution is 2.27. The molecule has 6 heteroatoms. The van der Waals surface area contributed by atoms with Gasteiger partial charge in [-0.1, -0.05) is 36.4 Å². The van der Waals surface area contributed by atoms with E-state index in [2.05, 4.69) is 45.3 Å². The molecule has 2 fully saturated rings. The third-order valence-corrected chi connectivity index (χ3v) is 5.58. The molecule has 4 rings (SSSR count). The van der Waals surface area contributed by atoms with Crippen molar-refractivity contribution in [1.29, 1.82) is 0 Å². The predicted octanol–water partition coefficient (Wildman–Crippen LogP) is 2.59. The summed E-state index contributed by atoms with van der Waals surface area (Å²) in [5, 5.41) is 3.65. The number of likely N-dealkylation sites (tertiary alicyclic amines) is 1. The minimum Gasteiger partial charge on any atom is -0.312 e. The summed E-state index contributed by atoms with van der Waals surface area (Å²) in [5.74, 6) is -0.814. The lowest BCUT2D eigenvalue weighted by atomic mass is 9.94. The van der Waals surface area contributed by atoms with E-state index in [1.54, 1.807) is 6.07 Å². The molecule has 0 aromatic heterocycles. The van der Waals surface area contributed by atoms with Gasteiger partial charge in [-0.15, -0.1) is 0 Å². The van der Waals surface area contributed by atoms with Gasteiger partial charge in [-0.05, 0) is 18.1 Å². The molecule has 144 valence electrons. The average Bonchev–Trinajstić information content (AvgIpc) is 3.30. The maximum Gasteiger partial charge on any atom is 0.130 e. The van der Waals surface area contributed by atoms with E-state index in [0.717, 1.165) is 45.2 Å². The van der Waals surface area contributed by atoms with E-state index in [9.17, 15) is 8.78 Å². The Bertz CT molecular complexity index is 755. The highest BCUT2D eigenvalue weighted by Gasteiger charge is 2.31. The summed E-state index contributed by atoms with van der Waals surface area (Å²) in [5.41, 5.74) is 8.12. The van der Waals surface area contributed by atoms with Crippen molar-refractivity contribution in [1.82, 2.24) is 21.1 Å². The molecule has 3 N–H and O–H groups in total.